The third-order valence-electron chi connectivity index (χ3n) is 2.32. The fourth-order valence-corrected chi connectivity index (χ4v) is 2.04. The van der Waals surface area contributed by atoms with Crippen molar-refractivity contribution < 1.29 is 21.8 Å². The van der Waals surface area contributed by atoms with E-state index in [9.17, 15) is 8.42 Å². The van der Waals surface area contributed by atoms with Gasteiger partial charge in [0.25, 0.3) is 5.89 Å². The lowest BCUT2D eigenvalue weighted by molar-refractivity contribution is 0.392. The second kappa shape index (κ2) is 4.05. The van der Waals surface area contributed by atoms with E-state index in [0.29, 0.717) is 16.0 Å². The van der Waals surface area contributed by atoms with Gasteiger partial charge in [0.1, 0.15) is 5.58 Å². The lowest BCUT2D eigenvalue weighted by Gasteiger charge is -1.87. The van der Waals surface area contributed by atoms with Gasteiger partial charge in [0.15, 0.2) is 5.76 Å². The highest BCUT2D eigenvalue weighted by Gasteiger charge is 2.21. The lowest BCUT2D eigenvalue weighted by Crippen LogP contribution is -1.97. The van der Waals surface area contributed by atoms with Crippen LogP contribution >= 0.6 is 11.6 Å². The van der Waals surface area contributed by atoms with Gasteiger partial charge in [0.05, 0.1) is 0 Å². The van der Waals surface area contributed by atoms with Gasteiger partial charge < -0.3 is 8.83 Å². The van der Waals surface area contributed by atoms with Crippen molar-refractivity contribution in [3.63, 3.8) is 0 Å². The standard InChI is InChI=1S/C10H5ClN2O5S/c11-6-1-2-7-5(3-6)4-8(17-7)9-12-13-10(18-9)19(14,15)16/h1-4H,(H,14,15,16). The van der Waals surface area contributed by atoms with Gasteiger partial charge in [-0.2, -0.15) is 8.42 Å². The van der Waals surface area contributed by atoms with Crippen LogP contribution in [-0.4, -0.2) is 23.2 Å². The van der Waals surface area contributed by atoms with Crippen molar-refractivity contribution in [1.82, 2.24) is 10.2 Å². The highest BCUT2D eigenvalue weighted by atomic mass is 35.5. The molecular formula is C10H5ClN2O5S. The van der Waals surface area contributed by atoms with Crippen molar-refractivity contribution in [1.29, 1.82) is 0 Å². The maximum Gasteiger partial charge on any atom is 0.363 e. The molecule has 3 rings (SSSR count). The van der Waals surface area contributed by atoms with Crippen LogP contribution in [0.1, 0.15) is 0 Å². The van der Waals surface area contributed by atoms with E-state index in [-0.39, 0.29) is 11.7 Å². The molecule has 1 aromatic carbocycles. The average molecular weight is 301 g/mol. The maximum atomic E-state index is 10.8. The molecule has 0 amide bonds. The highest BCUT2D eigenvalue weighted by molar-refractivity contribution is 7.85. The zero-order valence-corrected chi connectivity index (χ0v) is 10.6. The molecule has 0 saturated carbocycles. The second-order valence-corrected chi connectivity index (χ2v) is 5.38. The summed E-state index contributed by atoms with van der Waals surface area (Å²) >= 11 is 5.83. The molecule has 0 bridgehead atoms. The molecule has 0 aliphatic carbocycles. The molecule has 7 nitrogen and oxygen atoms in total. The van der Waals surface area contributed by atoms with E-state index in [0.717, 1.165) is 0 Å². The van der Waals surface area contributed by atoms with Crippen LogP contribution in [-0.2, 0) is 10.1 Å². The Morgan fingerprint density at radius 2 is 1.95 bits per heavy atom. The summed E-state index contributed by atoms with van der Waals surface area (Å²) in [7, 11) is -4.53. The predicted octanol–water partition coefficient (Wildman–Crippen LogP) is 2.38. The van der Waals surface area contributed by atoms with E-state index in [1.807, 2.05) is 0 Å². The summed E-state index contributed by atoms with van der Waals surface area (Å²) in [6, 6.07) is 6.54. The topological polar surface area (TPSA) is 106 Å². The van der Waals surface area contributed by atoms with E-state index >= 15 is 0 Å². The minimum Gasteiger partial charge on any atom is -0.451 e. The molecule has 0 aliphatic rings. The first kappa shape index (κ1) is 12.2. The molecule has 0 saturated heterocycles. The van der Waals surface area contributed by atoms with Gasteiger partial charge in [-0.05, 0) is 24.3 Å². The molecule has 0 fully saturated rings. The molecule has 3 aromatic rings. The summed E-state index contributed by atoms with van der Waals surface area (Å²) in [5.41, 5.74) is 0.533. The van der Waals surface area contributed by atoms with Gasteiger partial charge in [-0.1, -0.05) is 16.7 Å². The Morgan fingerprint density at radius 3 is 2.63 bits per heavy atom. The quantitative estimate of drug-likeness (QED) is 0.724. The fourth-order valence-electron chi connectivity index (χ4n) is 1.53. The Kier molecular flexibility index (Phi) is 2.59. The van der Waals surface area contributed by atoms with Gasteiger partial charge in [0, 0.05) is 10.4 Å². The molecule has 0 aliphatic heterocycles. The fraction of sp³-hybridized carbons (Fsp3) is 0. The summed E-state index contributed by atoms with van der Waals surface area (Å²) in [6.07, 6.45) is 0. The second-order valence-electron chi connectivity index (χ2n) is 3.64. The lowest BCUT2D eigenvalue weighted by atomic mass is 10.2. The van der Waals surface area contributed by atoms with E-state index in [2.05, 4.69) is 10.2 Å². The first-order chi connectivity index (χ1) is 8.93. The number of rotatable bonds is 2. The van der Waals surface area contributed by atoms with Crippen molar-refractivity contribution in [3.8, 4) is 11.7 Å². The Labute approximate surface area is 111 Å². The Morgan fingerprint density at radius 1 is 1.16 bits per heavy atom. The molecule has 19 heavy (non-hydrogen) atoms. The molecule has 0 radical (unpaired) electrons. The van der Waals surface area contributed by atoms with E-state index in [4.69, 9.17) is 25.0 Å². The average Bonchev–Trinajstić information content (AvgIpc) is 2.92. The molecule has 98 valence electrons. The van der Waals surface area contributed by atoms with Crippen LogP contribution in [0.15, 0.2) is 38.3 Å². The third kappa shape index (κ3) is 2.21. The summed E-state index contributed by atoms with van der Waals surface area (Å²) in [5.74, 6) is 0.0274. The summed E-state index contributed by atoms with van der Waals surface area (Å²) in [5, 5.41) is 7.05. The molecule has 9 heteroatoms. The number of benzene rings is 1. The largest absolute Gasteiger partial charge is 0.451 e. The van der Waals surface area contributed by atoms with Gasteiger partial charge in [-0.15, -0.1) is 5.10 Å². The van der Waals surface area contributed by atoms with Gasteiger partial charge >= 0.3 is 15.3 Å². The van der Waals surface area contributed by atoms with Crippen molar-refractivity contribution in [2.45, 2.75) is 5.22 Å². The number of aromatic nitrogens is 2. The van der Waals surface area contributed by atoms with Crippen LogP contribution < -0.4 is 0 Å². The summed E-state index contributed by atoms with van der Waals surface area (Å²) in [6.45, 7) is 0. The molecule has 2 aromatic heterocycles. The predicted molar refractivity (Wildman–Crippen MR) is 64.3 cm³/mol. The minimum absolute atomic E-state index is 0.153. The van der Waals surface area contributed by atoms with E-state index in [1.54, 1.807) is 24.3 Å². The number of fused-ring (bicyclic) bond motifs is 1. The first-order valence-electron chi connectivity index (χ1n) is 4.94. The Hall–Kier alpha value is -1.90. The highest BCUT2D eigenvalue weighted by Crippen LogP contribution is 2.29. The number of halogens is 1. The van der Waals surface area contributed by atoms with Crippen LogP contribution in [0, 0.1) is 0 Å². The van der Waals surface area contributed by atoms with Crippen LogP contribution in [0.2, 0.25) is 5.02 Å². The zero-order valence-electron chi connectivity index (χ0n) is 9.07. The number of furan rings is 1. The van der Waals surface area contributed by atoms with Crippen LogP contribution in [0.4, 0.5) is 0 Å². The van der Waals surface area contributed by atoms with Gasteiger partial charge in [-0.3, -0.25) is 4.55 Å². The molecule has 2 heterocycles. The Balaban J connectivity index is 2.11. The van der Waals surface area contributed by atoms with Gasteiger partial charge in [0.2, 0.25) is 0 Å². The normalized spacial score (nSPS) is 12.1. The van der Waals surface area contributed by atoms with Gasteiger partial charge in [-0.25, -0.2) is 0 Å². The molecule has 0 atom stereocenters. The summed E-state index contributed by atoms with van der Waals surface area (Å²) in [4.78, 5) is 0. The summed E-state index contributed by atoms with van der Waals surface area (Å²) < 4.78 is 40.6. The zero-order chi connectivity index (χ0) is 13.6. The third-order valence-corrected chi connectivity index (χ3v) is 3.16. The number of hydrogen-bond donors (Lipinski definition) is 1. The molecule has 1 N–H and O–H groups in total. The van der Waals surface area contributed by atoms with Crippen molar-refractivity contribution >= 4 is 32.7 Å². The van der Waals surface area contributed by atoms with E-state index < -0.39 is 15.3 Å². The van der Waals surface area contributed by atoms with Crippen molar-refractivity contribution in [2.75, 3.05) is 0 Å². The van der Waals surface area contributed by atoms with Crippen LogP contribution in [0.3, 0.4) is 0 Å². The molecule has 0 unspecified atom stereocenters. The SMILES string of the molecule is O=S(=O)(O)c1nnc(-c2cc3cc(Cl)ccc3o2)o1. The number of nitrogens with zero attached hydrogens (tertiary/aromatic N) is 2. The van der Waals surface area contributed by atoms with Crippen LogP contribution in [0.25, 0.3) is 22.6 Å². The van der Waals surface area contributed by atoms with Crippen molar-refractivity contribution in [2.24, 2.45) is 0 Å². The monoisotopic (exact) mass is 300 g/mol. The van der Waals surface area contributed by atoms with E-state index in [1.165, 1.54) is 0 Å². The smallest absolute Gasteiger partial charge is 0.363 e. The van der Waals surface area contributed by atoms with Crippen molar-refractivity contribution in [3.05, 3.63) is 29.3 Å². The first-order valence-corrected chi connectivity index (χ1v) is 6.76. The molecule has 0 spiro atoms. The minimum atomic E-state index is -4.53. The number of hydrogen-bond acceptors (Lipinski definition) is 6. The maximum absolute atomic E-state index is 10.8. The Bertz CT molecular complexity index is 867. The molecular weight excluding hydrogens is 296 g/mol. The van der Waals surface area contributed by atoms with Crippen LogP contribution in [0.5, 0.6) is 0 Å².